The Balaban J connectivity index is -0.0000000573. The lowest BCUT2D eigenvalue weighted by Crippen LogP contribution is -1.93. The summed E-state index contributed by atoms with van der Waals surface area (Å²) in [5, 5.41) is 0. The average molecular weight is 301 g/mol. The maximum absolute atomic E-state index is 4.85. The first-order valence-corrected chi connectivity index (χ1v) is 8.22. The fraction of sp³-hybridized carbons (Fsp3) is 0.700. The van der Waals surface area contributed by atoms with Gasteiger partial charge in [-0.1, -0.05) is 71.4 Å². The molecule has 0 heterocycles. The zero-order valence-corrected chi connectivity index (χ0v) is 17.0. The molecule has 1 heteroatoms. The summed E-state index contributed by atoms with van der Waals surface area (Å²) in [4.78, 5) is 0. The van der Waals surface area contributed by atoms with Gasteiger partial charge in [-0.3, -0.25) is 0 Å². The van der Waals surface area contributed by atoms with Crippen LogP contribution in [0.3, 0.4) is 0 Å². The Hall–Kier alpha value is -0.820. The van der Waals surface area contributed by atoms with Gasteiger partial charge in [0.25, 0.3) is 0 Å². The van der Waals surface area contributed by atoms with Crippen LogP contribution in [0.25, 0.3) is 0 Å². The van der Waals surface area contributed by atoms with Gasteiger partial charge in [-0.25, -0.2) is 0 Å². The predicted octanol–water partition coefficient (Wildman–Crippen LogP) is 7.45. The van der Waals surface area contributed by atoms with E-state index in [2.05, 4.69) is 40.0 Å². The molecule has 21 heavy (non-hydrogen) atoms. The molecule has 0 aliphatic rings. The molecule has 0 aliphatic carbocycles. The van der Waals surface area contributed by atoms with Crippen LogP contribution in [0.15, 0.2) is 36.5 Å². The third kappa shape index (κ3) is 67.2. The number of hydrogen-bond acceptors (Lipinski definition) is 1. The molecule has 0 unspecified atom stereocenters. The van der Waals surface area contributed by atoms with Crippen molar-refractivity contribution in [1.82, 2.24) is 0 Å². The lowest BCUT2D eigenvalue weighted by molar-refractivity contribution is 0.183. The van der Waals surface area contributed by atoms with Gasteiger partial charge in [-0.05, 0) is 40.0 Å². The smallest absolute Gasteiger partial charge is 0.0464 e. The first-order chi connectivity index (χ1) is 9.87. The van der Waals surface area contributed by atoms with Crippen LogP contribution in [0, 0.1) is 5.92 Å². The molecule has 0 bridgehead atoms. The fourth-order valence-corrected chi connectivity index (χ4v) is 0.600. The second-order valence-corrected chi connectivity index (χ2v) is 4.34. The summed E-state index contributed by atoms with van der Waals surface area (Å²) in [6.45, 7) is 28.4. The molecule has 0 radical (unpaired) electrons. The van der Waals surface area contributed by atoms with E-state index in [1.54, 1.807) is 13.2 Å². The zero-order chi connectivity index (χ0) is 18.3. The van der Waals surface area contributed by atoms with E-state index in [-0.39, 0.29) is 0 Å². The Morgan fingerprint density at radius 2 is 1.38 bits per heavy atom. The van der Waals surface area contributed by atoms with Gasteiger partial charge in [0.15, 0.2) is 0 Å². The minimum atomic E-state index is 0.778. The van der Waals surface area contributed by atoms with Crippen LogP contribution in [0.1, 0.15) is 75.7 Å². The number of rotatable bonds is 4. The molecular formula is C20H44O. The Kier molecular flexibility index (Phi) is 56.0. The molecule has 0 aromatic carbocycles. The van der Waals surface area contributed by atoms with E-state index in [1.807, 2.05) is 48.5 Å². The Morgan fingerprint density at radius 1 is 1.05 bits per heavy atom. The monoisotopic (exact) mass is 300 g/mol. The predicted molar refractivity (Wildman–Crippen MR) is 104 cm³/mol. The van der Waals surface area contributed by atoms with Crippen molar-refractivity contribution in [3.63, 3.8) is 0 Å². The zero-order valence-electron chi connectivity index (χ0n) is 17.0. The van der Waals surface area contributed by atoms with Crippen LogP contribution >= 0.6 is 0 Å². The SMILES string of the molecule is C=C(C)/C(C)=C/C.C=CC.CC.CC.COCCC(C)C. The molecule has 0 amide bonds. The van der Waals surface area contributed by atoms with Gasteiger partial charge >= 0.3 is 0 Å². The highest BCUT2D eigenvalue weighted by Gasteiger charge is 1.89. The first kappa shape index (κ1) is 32.2. The summed E-state index contributed by atoms with van der Waals surface area (Å²) in [6, 6.07) is 0. The Bertz CT molecular complexity index is 200. The number of methoxy groups -OCH3 is 1. The van der Waals surface area contributed by atoms with Gasteiger partial charge in [0.05, 0.1) is 0 Å². The van der Waals surface area contributed by atoms with Gasteiger partial charge in [-0.2, -0.15) is 0 Å². The van der Waals surface area contributed by atoms with Crippen molar-refractivity contribution in [2.75, 3.05) is 13.7 Å². The van der Waals surface area contributed by atoms with Crippen LogP contribution < -0.4 is 0 Å². The third-order valence-electron chi connectivity index (χ3n) is 2.01. The molecule has 0 saturated heterocycles. The van der Waals surface area contributed by atoms with E-state index >= 15 is 0 Å². The highest BCUT2D eigenvalue weighted by molar-refractivity contribution is 5.22. The van der Waals surface area contributed by atoms with Crippen LogP contribution in [-0.2, 0) is 4.74 Å². The quantitative estimate of drug-likeness (QED) is 0.387. The normalized spacial score (nSPS) is 8.48. The molecule has 0 fully saturated rings. The van der Waals surface area contributed by atoms with Crippen molar-refractivity contribution in [3.8, 4) is 0 Å². The highest BCUT2D eigenvalue weighted by atomic mass is 16.5. The van der Waals surface area contributed by atoms with E-state index in [0.29, 0.717) is 0 Å². The number of hydrogen-bond donors (Lipinski definition) is 0. The third-order valence-corrected chi connectivity index (χ3v) is 2.01. The van der Waals surface area contributed by atoms with Gasteiger partial charge in [-0.15, -0.1) is 6.58 Å². The molecule has 0 aromatic rings. The second kappa shape index (κ2) is 36.5. The molecule has 0 atom stereocenters. The van der Waals surface area contributed by atoms with Crippen molar-refractivity contribution in [2.24, 2.45) is 5.92 Å². The van der Waals surface area contributed by atoms with Crippen molar-refractivity contribution in [2.45, 2.75) is 75.7 Å². The first-order valence-electron chi connectivity index (χ1n) is 8.22. The van der Waals surface area contributed by atoms with Gasteiger partial charge in [0.2, 0.25) is 0 Å². The Labute approximate surface area is 137 Å². The highest BCUT2D eigenvalue weighted by Crippen LogP contribution is 2.02. The van der Waals surface area contributed by atoms with Crippen molar-refractivity contribution in [1.29, 1.82) is 0 Å². The van der Waals surface area contributed by atoms with Crippen molar-refractivity contribution >= 4 is 0 Å². The van der Waals surface area contributed by atoms with Gasteiger partial charge in [0.1, 0.15) is 0 Å². The summed E-state index contributed by atoms with van der Waals surface area (Å²) in [7, 11) is 1.74. The maximum atomic E-state index is 4.85. The maximum Gasteiger partial charge on any atom is 0.0464 e. The molecule has 0 aromatic heterocycles. The van der Waals surface area contributed by atoms with Crippen LogP contribution in [0.2, 0.25) is 0 Å². The summed E-state index contributed by atoms with van der Waals surface area (Å²) < 4.78 is 4.85. The molecule has 0 aliphatic heterocycles. The van der Waals surface area contributed by atoms with Crippen LogP contribution in [0.5, 0.6) is 0 Å². The van der Waals surface area contributed by atoms with E-state index < -0.39 is 0 Å². The number of allylic oxidation sites excluding steroid dienone is 4. The molecular weight excluding hydrogens is 256 g/mol. The van der Waals surface area contributed by atoms with Crippen LogP contribution in [-0.4, -0.2) is 13.7 Å². The number of ether oxygens (including phenoxy) is 1. The largest absolute Gasteiger partial charge is 0.385 e. The average Bonchev–Trinajstić information content (AvgIpc) is 2.49. The molecule has 0 spiro atoms. The summed E-state index contributed by atoms with van der Waals surface area (Å²) in [6.07, 6.45) is 4.98. The molecule has 0 saturated carbocycles. The lowest BCUT2D eigenvalue weighted by Gasteiger charge is -1.99. The van der Waals surface area contributed by atoms with E-state index in [0.717, 1.165) is 18.1 Å². The summed E-state index contributed by atoms with van der Waals surface area (Å²) in [5.74, 6) is 0.778. The molecule has 130 valence electrons. The van der Waals surface area contributed by atoms with E-state index in [9.17, 15) is 0 Å². The van der Waals surface area contributed by atoms with Crippen molar-refractivity contribution < 1.29 is 4.74 Å². The van der Waals surface area contributed by atoms with E-state index in [4.69, 9.17) is 4.74 Å². The molecule has 1 nitrogen and oxygen atoms in total. The van der Waals surface area contributed by atoms with Gasteiger partial charge in [0, 0.05) is 13.7 Å². The standard InChI is InChI=1S/C7H12.C6H14O.C3H6.2C2H6/c1-5-7(4)6(2)3;1-6(2)4-5-7-3;1-3-2;2*1-2/h5H,2H2,1,3-4H3;6H,4-5H2,1-3H3;3H,1H2,2H3;2*1-2H3/b7-5+;;;;. The van der Waals surface area contributed by atoms with E-state index in [1.165, 1.54) is 12.0 Å². The summed E-state index contributed by atoms with van der Waals surface area (Å²) >= 11 is 0. The molecule has 0 rings (SSSR count). The minimum absolute atomic E-state index is 0.778. The Morgan fingerprint density at radius 3 is 1.43 bits per heavy atom. The van der Waals surface area contributed by atoms with Crippen LogP contribution in [0.4, 0.5) is 0 Å². The second-order valence-electron chi connectivity index (χ2n) is 4.34. The van der Waals surface area contributed by atoms with Crippen molar-refractivity contribution in [3.05, 3.63) is 36.5 Å². The van der Waals surface area contributed by atoms with Gasteiger partial charge < -0.3 is 4.74 Å². The summed E-state index contributed by atoms with van der Waals surface area (Å²) in [5.41, 5.74) is 2.43. The molecule has 0 N–H and O–H groups in total. The minimum Gasteiger partial charge on any atom is -0.385 e. The topological polar surface area (TPSA) is 9.23 Å². The lowest BCUT2D eigenvalue weighted by atomic mass is 10.1. The fourth-order valence-electron chi connectivity index (χ4n) is 0.600.